The molecule has 0 aliphatic heterocycles. The topological polar surface area (TPSA) is 67.6 Å². The van der Waals surface area contributed by atoms with Gasteiger partial charge in [-0.2, -0.15) is 4.31 Å². The number of hydrogen-bond acceptors (Lipinski definition) is 6. The normalized spacial score (nSPS) is 12.6. The maximum absolute atomic E-state index is 12.7. The number of thiazole rings is 2. The molecule has 0 radical (unpaired) electrons. The predicted octanol–water partition coefficient (Wildman–Crippen LogP) is 2.63. The SMILES string of the molecule is Cc1ncc(CN(C)S(=O)(=O)c2c(Cl)nc3sccn23)s1. The van der Waals surface area contributed by atoms with Gasteiger partial charge in [0.2, 0.25) is 0 Å². The number of hydrogen-bond donors (Lipinski definition) is 0. The van der Waals surface area contributed by atoms with E-state index in [0.717, 1.165) is 9.88 Å². The minimum Gasteiger partial charge on any atom is -0.279 e. The first-order valence-corrected chi connectivity index (χ1v) is 9.39. The van der Waals surface area contributed by atoms with Crippen molar-refractivity contribution in [3.05, 3.63) is 32.8 Å². The predicted molar refractivity (Wildman–Crippen MR) is 83.6 cm³/mol. The van der Waals surface area contributed by atoms with E-state index in [2.05, 4.69) is 9.97 Å². The lowest BCUT2D eigenvalue weighted by Gasteiger charge is -2.15. The van der Waals surface area contributed by atoms with Crippen LogP contribution in [0, 0.1) is 6.92 Å². The third kappa shape index (κ3) is 2.59. The molecule has 10 heteroatoms. The monoisotopic (exact) mass is 362 g/mol. The molecule has 0 N–H and O–H groups in total. The number of fused-ring (bicyclic) bond motifs is 1. The highest BCUT2D eigenvalue weighted by atomic mass is 35.5. The Morgan fingerprint density at radius 2 is 2.24 bits per heavy atom. The first-order valence-electron chi connectivity index (χ1n) is 5.88. The van der Waals surface area contributed by atoms with Crippen molar-refractivity contribution < 1.29 is 8.42 Å². The van der Waals surface area contributed by atoms with Crippen molar-refractivity contribution in [1.82, 2.24) is 18.7 Å². The summed E-state index contributed by atoms with van der Waals surface area (Å²) in [6, 6.07) is 0. The average molecular weight is 363 g/mol. The van der Waals surface area contributed by atoms with Crippen molar-refractivity contribution in [2.45, 2.75) is 18.5 Å². The van der Waals surface area contributed by atoms with Crippen molar-refractivity contribution >= 4 is 49.3 Å². The molecule has 0 aliphatic rings. The Balaban J connectivity index is 1.99. The fourth-order valence-electron chi connectivity index (χ4n) is 1.90. The second-order valence-corrected chi connectivity index (χ2v) is 8.88. The van der Waals surface area contributed by atoms with Gasteiger partial charge in [-0.1, -0.05) is 11.6 Å². The zero-order valence-electron chi connectivity index (χ0n) is 11.1. The number of sulfonamides is 1. The summed E-state index contributed by atoms with van der Waals surface area (Å²) in [5.74, 6) is 0. The van der Waals surface area contributed by atoms with Crippen molar-refractivity contribution in [2.24, 2.45) is 0 Å². The highest BCUT2D eigenvalue weighted by molar-refractivity contribution is 7.89. The Kier molecular flexibility index (Phi) is 3.78. The molecule has 0 aromatic carbocycles. The maximum Gasteiger partial charge on any atom is 0.262 e. The van der Waals surface area contributed by atoms with E-state index in [4.69, 9.17) is 11.6 Å². The van der Waals surface area contributed by atoms with E-state index < -0.39 is 10.0 Å². The van der Waals surface area contributed by atoms with Crippen LogP contribution < -0.4 is 0 Å². The number of aromatic nitrogens is 3. The van der Waals surface area contributed by atoms with E-state index in [0.29, 0.717) is 4.96 Å². The molecule has 0 bridgehead atoms. The van der Waals surface area contributed by atoms with Gasteiger partial charge in [0.1, 0.15) is 0 Å². The highest BCUT2D eigenvalue weighted by Gasteiger charge is 2.29. The van der Waals surface area contributed by atoms with Gasteiger partial charge >= 0.3 is 0 Å². The van der Waals surface area contributed by atoms with Crippen molar-refractivity contribution in [1.29, 1.82) is 0 Å². The summed E-state index contributed by atoms with van der Waals surface area (Å²) in [6.07, 6.45) is 3.33. The van der Waals surface area contributed by atoms with E-state index in [1.807, 2.05) is 6.92 Å². The molecule has 0 spiro atoms. The lowest BCUT2D eigenvalue weighted by atomic mass is 10.5. The van der Waals surface area contributed by atoms with Gasteiger partial charge in [0.05, 0.1) is 5.01 Å². The lowest BCUT2D eigenvalue weighted by Crippen LogP contribution is -2.27. The summed E-state index contributed by atoms with van der Waals surface area (Å²) < 4.78 is 28.2. The molecule has 3 aromatic rings. The Hall–Kier alpha value is -1.00. The molecule has 0 fully saturated rings. The Labute approximate surface area is 134 Å². The molecule has 3 aromatic heterocycles. The van der Waals surface area contributed by atoms with Crippen molar-refractivity contribution in [3.63, 3.8) is 0 Å². The van der Waals surface area contributed by atoms with Gasteiger partial charge in [0.25, 0.3) is 10.0 Å². The number of nitrogens with zero attached hydrogens (tertiary/aromatic N) is 4. The van der Waals surface area contributed by atoms with Gasteiger partial charge in [0.15, 0.2) is 15.1 Å². The molecular formula is C11H11ClN4O2S3. The Morgan fingerprint density at radius 3 is 2.90 bits per heavy atom. The van der Waals surface area contributed by atoms with Crippen LogP contribution in [0.3, 0.4) is 0 Å². The number of aryl methyl sites for hydroxylation is 1. The van der Waals surface area contributed by atoms with Gasteiger partial charge in [-0.3, -0.25) is 4.40 Å². The molecule has 0 saturated heterocycles. The zero-order valence-corrected chi connectivity index (χ0v) is 14.4. The van der Waals surface area contributed by atoms with Gasteiger partial charge in [0, 0.05) is 36.2 Å². The first-order chi connectivity index (χ1) is 9.89. The average Bonchev–Trinajstić information content (AvgIpc) is 3.05. The molecule has 0 amide bonds. The van der Waals surface area contributed by atoms with Crippen LogP contribution in [0.1, 0.15) is 9.88 Å². The van der Waals surface area contributed by atoms with E-state index in [1.54, 1.807) is 17.8 Å². The number of rotatable bonds is 4. The van der Waals surface area contributed by atoms with Gasteiger partial charge < -0.3 is 0 Å². The Bertz CT molecular complexity index is 896. The van der Waals surface area contributed by atoms with Crippen LogP contribution >= 0.6 is 34.3 Å². The molecule has 6 nitrogen and oxygen atoms in total. The number of imidazole rings is 1. The largest absolute Gasteiger partial charge is 0.279 e. The molecular weight excluding hydrogens is 352 g/mol. The van der Waals surface area contributed by atoms with Crippen LogP contribution in [0.25, 0.3) is 4.96 Å². The van der Waals surface area contributed by atoms with E-state index in [-0.39, 0.29) is 16.7 Å². The Morgan fingerprint density at radius 1 is 1.48 bits per heavy atom. The van der Waals surface area contributed by atoms with E-state index in [1.165, 1.54) is 38.4 Å². The molecule has 0 saturated carbocycles. The molecule has 3 heterocycles. The van der Waals surface area contributed by atoms with E-state index in [9.17, 15) is 8.42 Å². The summed E-state index contributed by atoms with van der Waals surface area (Å²) in [5, 5.41) is 2.67. The first kappa shape index (κ1) is 14.9. The van der Waals surface area contributed by atoms with Crippen LogP contribution in [0.15, 0.2) is 22.8 Å². The molecule has 0 aliphatic carbocycles. The second kappa shape index (κ2) is 5.33. The fraction of sp³-hybridized carbons (Fsp3) is 0.273. The quantitative estimate of drug-likeness (QED) is 0.715. The minimum absolute atomic E-state index is 0.00385. The smallest absolute Gasteiger partial charge is 0.262 e. The number of halogens is 1. The molecule has 112 valence electrons. The van der Waals surface area contributed by atoms with Gasteiger partial charge in [-0.25, -0.2) is 18.4 Å². The third-order valence-electron chi connectivity index (χ3n) is 2.88. The van der Waals surface area contributed by atoms with Crippen molar-refractivity contribution in [2.75, 3.05) is 7.05 Å². The van der Waals surface area contributed by atoms with Crippen LogP contribution in [0.4, 0.5) is 0 Å². The second-order valence-electron chi connectivity index (χ2n) is 4.37. The van der Waals surface area contributed by atoms with Crippen LogP contribution in [-0.4, -0.2) is 34.1 Å². The summed E-state index contributed by atoms with van der Waals surface area (Å²) in [5.41, 5.74) is 0. The minimum atomic E-state index is -3.72. The molecule has 0 atom stereocenters. The summed E-state index contributed by atoms with van der Waals surface area (Å²) >= 11 is 8.81. The van der Waals surface area contributed by atoms with Crippen molar-refractivity contribution in [3.8, 4) is 0 Å². The highest BCUT2D eigenvalue weighted by Crippen LogP contribution is 2.28. The summed E-state index contributed by atoms with van der Waals surface area (Å²) in [7, 11) is -2.20. The van der Waals surface area contributed by atoms with E-state index >= 15 is 0 Å². The third-order valence-corrected chi connectivity index (χ3v) is 6.74. The summed E-state index contributed by atoms with van der Waals surface area (Å²) in [6.45, 7) is 2.13. The molecule has 3 rings (SSSR count). The zero-order chi connectivity index (χ0) is 15.2. The van der Waals surface area contributed by atoms with Crippen LogP contribution in [0.2, 0.25) is 5.15 Å². The standard InChI is InChI=1S/C11H11ClN4O2S3/c1-7-13-5-8(20-7)6-15(2)21(17,18)10-9(12)14-11-16(10)3-4-19-11/h3-5H,6H2,1-2H3. The van der Waals surface area contributed by atoms with Gasteiger partial charge in [-0.05, 0) is 6.92 Å². The van der Waals surface area contributed by atoms with Crippen LogP contribution in [0.5, 0.6) is 0 Å². The van der Waals surface area contributed by atoms with Gasteiger partial charge in [-0.15, -0.1) is 22.7 Å². The molecule has 21 heavy (non-hydrogen) atoms. The maximum atomic E-state index is 12.7. The molecule has 0 unspecified atom stereocenters. The van der Waals surface area contributed by atoms with Crippen LogP contribution in [-0.2, 0) is 16.6 Å². The summed E-state index contributed by atoms with van der Waals surface area (Å²) in [4.78, 5) is 9.62. The lowest BCUT2D eigenvalue weighted by molar-refractivity contribution is 0.466. The fourth-order valence-corrected chi connectivity index (χ4v) is 5.37.